The SMILES string of the molecule is C=CC(=O)NC1CCCCC1SC. The standard InChI is InChI=1S/C10H17NOS/c1-3-10(12)11-8-6-4-5-7-9(8)13-2/h3,8-9H,1,4-7H2,2H3,(H,11,12). The van der Waals surface area contributed by atoms with Gasteiger partial charge in [0, 0.05) is 11.3 Å². The Morgan fingerprint density at radius 2 is 2.23 bits per heavy atom. The average molecular weight is 199 g/mol. The maximum atomic E-state index is 11.1. The summed E-state index contributed by atoms with van der Waals surface area (Å²) in [7, 11) is 0. The smallest absolute Gasteiger partial charge is 0.243 e. The highest BCUT2D eigenvalue weighted by atomic mass is 32.2. The third kappa shape index (κ3) is 3.07. The fourth-order valence-electron chi connectivity index (χ4n) is 1.79. The molecule has 1 N–H and O–H groups in total. The molecule has 0 aromatic heterocycles. The van der Waals surface area contributed by atoms with Crippen molar-refractivity contribution in [2.75, 3.05) is 6.26 Å². The van der Waals surface area contributed by atoms with E-state index in [9.17, 15) is 4.79 Å². The summed E-state index contributed by atoms with van der Waals surface area (Å²) in [5.41, 5.74) is 0. The molecule has 0 radical (unpaired) electrons. The summed E-state index contributed by atoms with van der Waals surface area (Å²) in [6.45, 7) is 3.46. The summed E-state index contributed by atoms with van der Waals surface area (Å²) in [6, 6.07) is 0.356. The number of amides is 1. The van der Waals surface area contributed by atoms with Gasteiger partial charge in [-0.3, -0.25) is 4.79 Å². The number of carbonyl (C=O) groups excluding carboxylic acids is 1. The number of hydrogen-bond donors (Lipinski definition) is 1. The van der Waals surface area contributed by atoms with Crippen molar-refractivity contribution in [3.8, 4) is 0 Å². The molecule has 1 amide bonds. The lowest BCUT2D eigenvalue weighted by molar-refractivity contribution is -0.117. The second-order valence-corrected chi connectivity index (χ2v) is 4.45. The van der Waals surface area contributed by atoms with Gasteiger partial charge in [-0.15, -0.1) is 0 Å². The summed E-state index contributed by atoms with van der Waals surface area (Å²) in [6.07, 6.45) is 8.34. The number of carbonyl (C=O) groups is 1. The first kappa shape index (κ1) is 10.6. The van der Waals surface area contributed by atoms with Crippen LogP contribution in [0, 0.1) is 0 Å². The van der Waals surface area contributed by atoms with Crippen molar-refractivity contribution in [3.05, 3.63) is 12.7 Å². The zero-order valence-electron chi connectivity index (χ0n) is 8.08. The Morgan fingerprint density at radius 3 is 2.85 bits per heavy atom. The lowest BCUT2D eigenvalue weighted by atomic mass is 9.95. The van der Waals surface area contributed by atoms with Crippen LogP contribution in [-0.2, 0) is 4.79 Å². The van der Waals surface area contributed by atoms with E-state index in [4.69, 9.17) is 0 Å². The van der Waals surface area contributed by atoms with E-state index < -0.39 is 0 Å². The van der Waals surface area contributed by atoms with E-state index >= 15 is 0 Å². The molecule has 2 atom stereocenters. The van der Waals surface area contributed by atoms with Gasteiger partial charge < -0.3 is 5.32 Å². The predicted octanol–water partition coefficient (Wildman–Crippen LogP) is 1.96. The summed E-state index contributed by atoms with van der Waals surface area (Å²) >= 11 is 1.86. The van der Waals surface area contributed by atoms with E-state index in [0.717, 1.165) is 6.42 Å². The van der Waals surface area contributed by atoms with Crippen molar-refractivity contribution in [2.45, 2.75) is 37.0 Å². The first-order chi connectivity index (χ1) is 6.27. The third-order valence-electron chi connectivity index (χ3n) is 2.52. The topological polar surface area (TPSA) is 29.1 Å². The van der Waals surface area contributed by atoms with Crippen LogP contribution in [0.5, 0.6) is 0 Å². The average Bonchev–Trinajstić information content (AvgIpc) is 2.18. The normalized spacial score (nSPS) is 28.1. The zero-order valence-corrected chi connectivity index (χ0v) is 8.90. The van der Waals surface area contributed by atoms with E-state index in [1.807, 2.05) is 11.8 Å². The molecule has 0 spiro atoms. The van der Waals surface area contributed by atoms with Crippen LogP contribution in [0.15, 0.2) is 12.7 Å². The molecule has 1 fully saturated rings. The Balaban J connectivity index is 2.44. The number of thioether (sulfide) groups is 1. The lowest BCUT2D eigenvalue weighted by Crippen LogP contribution is -2.42. The Labute approximate surface area is 84.2 Å². The monoisotopic (exact) mass is 199 g/mol. The van der Waals surface area contributed by atoms with Gasteiger partial charge in [0.25, 0.3) is 0 Å². The van der Waals surface area contributed by atoms with Crippen LogP contribution < -0.4 is 5.32 Å². The van der Waals surface area contributed by atoms with Gasteiger partial charge in [0.1, 0.15) is 0 Å². The van der Waals surface area contributed by atoms with Crippen LogP contribution in [0.2, 0.25) is 0 Å². The molecule has 1 rings (SSSR count). The molecule has 0 heterocycles. The predicted molar refractivity (Wildman–Crippen MR) is 57.9 cm³/mol. The summed E-state index contributed by atoms with van der Waals surface area (Å²) < 4.78 is 0. The molecule has 3 heteroatoms. The fraction of sp³-hybridized carbons (Fsp3) is 0.700. The number of nitrogens with one attached hydrogen (secondary N) is 1. The number of hydrogen-bond acceptors (Lipinski definition) is 2. The maximum Gasteiger partial charge on any atom is 0.243 e. The first-order valence-electron chi connectivity index (χ1n) is 4.73. The molecule has 0 bridgehead atoms. The van der Waals surface area contributed by atoms with Gasteiger partial charge in [-0.25, -0.2) is 0 Å². The molecule has 0 aliphatic heterocycles. The minimum Gasteiger partial charge on any atom is -0.349 e. The molecule has 74 valence electrons. The quantitative estimate of drug-likeness (QED) is 0.704. The molecule has 0 aromatic carbocycles. The van der Waals surface area contributed by atoms with E-state index in [-0.39, 0.29) is 5.91 Å². The van der Waals surface area contributed by atoms with E-state index in [0.29, 0.717) is 11.3 Å². The highest BCUT2D eigenvalue weighted by Crippen LogP contribution is 2.26. The van der Waals surface area contributed by atoms with Crippen LogP contribution >= 0.6 is 11.8 Å². The van der Waals surface area contributed by atoms with Gasteiger partial charge in [0.05, 0.1) is 0 Å². The van der Waals surface area contributed by atoms with Gasteiger partial charge >= 0.3 is 0 Å². The van der Waals surface area contributed by atoms with E-state index in [2.05, 4.69) is 18.2 Å². The van der Waals surface area contributed by atoms with Gasteiger partial charge in [-0.2, -0.15) is 11.8 Å². The maximum absolute atomic E-state index is 11.1. The molecule has 0 saturated heterocycles. The largest absolute Gasteiger partial charge is 0.349 e. The van der Waals surface area contributed by atoms with Gasteiger partial charge in [-0.1, -0.05) is 19.4 Å². The Bertz CT molecular complexity index is 193. The lowest BCUT2D eigenvalue weighted by Gasteiger charge is -2.30. The third-order valence-corrected chi connectivity index (χ3v) is 3.69. The molecule has 2 nitrogen and oxygen atoms in total. The summed E-state index contributed by atoms with van der Waals surface area (Å²) in [5.74, 6) is -0.0362. The van der Waals surface area contributed by atoms with Crippen LogP contribution in [0.4, 0.5) is 0 Å². The Hall–Kier alpha value is -0.440. The van der Waals surface area contributed by atoms with E-state index in [1.54, 1.807) is 0 Å². The van der Waals surface area contributed by atoms with Crippen LogP contribution in [-0.4, -0.2) is 23.5 Å². The van der Waals surface area contributed by atoms with Crippen molar-refractivity contribution < 1.29 is 4.79 Å². The van der Waals surface area contributed by atoms with Gasteiger partial charge in [-0.05, 0) is 25.2 Å². The van der Waals surface area contributed by atoms with Crippen molar-refractivity contribution in [3.63, 3.8) is 0 Å². The minimum absolute atomic E-state index is 0.0362. The fourth-order valence-corrected chi connectivity index (χ4v) is 2.72. The first-order valence-corrected chi connectivity index (χ1v) is 6.02. The molecule has 2 unspecified atom stereocenters. The summed E-state index contributed by atoms with van der Waals surface area (Å²) in [5, 5.41) is 3.59. The minimum atomic E-state index is -0.0362. The highest BCUT2D eigenvalue weighted by Gasteiger charge is 2.24. The van der Waals surface area contributed by atoms with E-state index in [1.165, 1.54) is 25.3 Å². The Kier molecular flexibility index (Phi) is 4.36. The molecule has 1 aliphatic carbocycles. The number of rotatable bonds is 3. The highest BCUT2D eigenvalue weighted by molar-refractivity contribution is 7.99. The van der Waals surface area contributed by atoms with Crippen molar-refractivity contribution in [1.29, 1.82) is 0 Å². The molecule has 1 saturated carbocycles. The van der Waals surface area contributed by atoms with Crippen molar-refractivity contribution in [1.82, 2.24) is 5.32 Å². The molecular formula is C10H17NOS. The van der Waals surface area contributed by atoms with Crippen LogP contribution in [0.1, 0.15) is 25.7 Å². The molecule has 1 aliphatic rings. The van der Waals surface area contributed by atoms with Crippen LogP contribution in [0.25, 0.3) is 0 Å². The molecular weight excluding hydrogens is 182 g/mol. The Morgan fingerprint density at radius 1 is 1.54 bits per heavy atom. The van der Waals surface area contributed by atoms with Gasteiger partial charge in [0.2, 0.25) is 5.91 Å². The van der Waals surface area contributed by atoms with Gasteiger partial charge in [0.15, 0.2) is 0 Å². The molecule has 0 aromatic rings. The zero-order chi connectivity index (χ0) is 9.68. The molecule has 13 heavy (non-hydrogen) atoms. The van der Waals surface area contributed by atoms with Crippen LogP contribution in [0.3, 0.4) is 0 Å². The second kappa shape index (κ2) is 5.32. The summed E-state index contributed by atoms with van der Waals surface area (Å²) in [4.78, 5) is 11.1. The second-order valence-electron chi connectivity index (χ2n) is 3.38. The van der Waals surface area contributed by atoms with Crippen molar-refractivity contribution >= 4 is 17.7 Å². The van der Waals surface area contributed by atoms with Crippen molar-refractivity contribution in [2.24, 2.45) is 0 Å².